The van der Waals surface area contributed by atoms with Crippen LogP contribution in [0, 0.1) is 18.8 Å². The standard InChI is InChI=1S/C74H73N4O.Pt/c1-70(2,3)51-33-35-56(62(43-51)72(7,8)9)48-28-30-49(31-29-48)57-23-19-24-58(50-32-37-61-63(42-50)74(12,13)40-39-73(61,10)11)69(57)77-47-76(65-26-16-17-27-66(65)77)53-20-18-21-54(45-53)79-55-34-36-60-59-22-14-15-25-64(59)78(67(60)46-55)68-44-52(38-41-75-68)71(4,5)6;/h14-38,41-44,47H,39-40H2,1-13H3;/q-3;/i14D,15D,22D,25D,28D,29D,30D,31D;. The van der Waals surface area contributed by atoms with Crippen LogP contribution in [0.4, 0.5) is 22.7 Å². The van der Waals surface area contributed by atoms with E-state index in [1.165, 1.54) is 11.1 Å². The van der Waals surface area contributed by atoms with E-state index in [1.54, 1.807) is 22.9 Å². The molecule has 1 aliphatic heterocycles. The number of ether oxygens (including phenoxy) is 1. The zero-order valence-electron chi connectivity index (χ0n) is 56.1. The number of para-hydroxylation sites is 4. The third-order valence-corrected chi connectivity index (χ3v) is 16.3. The summed E-state index contributed by atoms with van der Waals surface area (Å²) in [6.45, 7) is 30.5. The summed E-state index contributed by atoms with van der Waals surface area (Å²) >= 11 is 0. The van der Waals surface area contributed by atoms with Crippen LogP contribution >= 0.6 is 0 Å². The van der Waals surface area contributed by atoms with Crippen molar-refractivity contribution >= 4 is 44.6 Å². The van der Waals surface area contributed by atoms with Crippen LogP contribution in [-0.2, 0) is 48.1 Å². The number of hydrogen-bond donors (Lipinski definition) is 0. The summed E-state index contributed by atoms with van der Waals surface area (Å²) in [6.07, 6.45) is 3.81. The van der Waals surface area contributed by atoms with Gasteiger partial charge in [-0.15, -0.1) is 48.1 Å². The SMILES string of the molecule is [2H]c1c([2H])c(-c2cccc(-c3ccc4c(c3)C(C)(C)CCC4(C)C)c2N2[CH-]N(c3[c-]c(Oc4[c-]c5c(cc4)c4c([2H])c([2H])c([2H])c([2H])c4n5-c4cc(C(C)(C)C)ccn4)ccc3)c3ccccc32)c([2H])c([2H])c1-c1ccc(C(C)(C)C)cc1C(C)(C)C.[Pt]. The molecule has 0 radical (unpaired) electrons. The largest absolute Gasteiger partial charge is 0.509 e. The van der Waals surface area contributed by atoms with Gasteiger partial charge in [-0.05, 0) is 126 Å². The fourth-order valence-corrected chi connectivity index (χ4v) is 11.6. The molecular formula is C74H73N4OPt-3. The molecule has 1 aliphatic carbocycles. The molecule has 0 fully saturated rings. The van der Waals surface area contributed by atoms with Crippen LogP contribution in [0.1, 0.15) is 142 Å². The Morgan fingerprint density at radius 2 is 1.18 bits per heavy atom. The van der Waals surface area contributed by atoms with Crippen molar-refractivity contribution in [1.29, 1.82) is 0 Å². The molecule has 0 saturated heterocycles. The van der Waals surface area contributed by atoms with E-state index in [4.69, 9.17) is 15.2 Å². The van der Waals surface area contributed by atoms with E-state index in [-0.39, 0.29) is 108 Å². The first-order valence-electron chi connectivity index (χ1n) is 31.6. The average molecular weight is 1240 g/mol. The molecule has 10 aromatic rings. The van der Waals surface area contributed by atoms with E-state index in [1.807, 2.05) is 84.4 Å². The molecule has 0 amide bonds. The Hall–Kier alpha value is -7.20. The van der Waals surface area contributed by atoms with Crippen LogP contribution in [0.25, 0.3) is 61.0 Å². The second-order valence-electron chi connectivity index (χ2n) is 25.9. The van der Waals surface area contributed by atoms with Gasteiger partial charge < -0.3 is 19.1 Å². The number of anilines is 4. The second kappa shape index (κ2) is 20.1. The minimum absolute atomic E-state index is 0. The maximum atomic E-state index is 10.0. The quantitative estimate of drug-likeness (QED) is 0.142. The van der Waals surface area contributed by atoms with Gasteiger partial charge in [-0.1, -0.05) is 205 Å². The van der Waals surface area contributed by atoms with Crippen LogP contribution < -0.4 is 14.5 Å². The summed E-state index contributed by atoms with van der Waals surface area (Å²) in [5.41, 5.74) is 12.0. The van der Waals surface area contributed by atoms with Crippen molar-refractivity contribution in [1.82, 2.24) is 9.55 Å². The van der Waals surface area contributed by atoms with Crippen LogP contribution in [-0.4, -0.2) is 9.55 Å². The van der Waals surface area contributed by atoms with Gasteiger partial charge in [0.25, 0.3) is 0 Å². The fraction of sp³-hybridized carbons (Fsp3) is 0.270. The first kappa shape index (κ1) is 45.5. The van der Waals surface area contributed by atoms with Gasteiger partial charge in [0.1, 0.15) is 5.82 Å². The number of fused-ring (bicyclic) bond motifs is 5. The van der Waals surface area contributed by atoms with Gasteiger partial charge in [0.15, 0.2) is 0 Å². The summed E-state index contributed by atoms with van der Waals surface area (Å²) in [5.74, 6) is 1.18. The molecule has 0 saturated carbocycles. The zero-order chi connectivity index (χ0) is 62.4. The topological polar surface area (TPSA) is 33.5 Å². The van der Waals surface area contributed by atoms with Crippen molar-refractivity contribution in [3.8, 4) is 50.7 Å². The van der Waals surface area contributed by atoms with Gasteiger partial charge >= 0.3 is 0 Å². The molecule has 80 heavy (non-hydrogen) atoms. The van der Waals surface area contributed by atoms with Gasteiger partial charge in [-0.2, -0.15) is 12.1 Å². The van der Waals surface area contributed by atoms with Gasteiger partial charge in [-0.3, -0.25) is 0 Å². The van der Waals surface area contributed by atoms with Crippen LogP contribution in [0.15, 0.2) is 176 Å². The first-order chi connectivity index (χ1) is 40.9. The van der Waals surface area contributed by atoms with E-state index in [2.05, 4.69) is 143 Å². The Labute approximate surface area is 501 Å². The molecule has 8 aromatic carbocycles. The molecule has 12 rings (SSSR count). The number of nitrogens with zero attached hydrogens (tertiary/aromatic N) is 4. The Morgan fingerprint density at radius 3 is 1.88 bits per heavy atom. The predicted octanol–water partition coefficient (Wildman–Crippen LogP) is 20.2. The van der Waals surface area contributed by atoms with E-state index in [9.17, 15) is 5.48 Å². The Balaban J connectivity index is 0.00000800. The number of pyridine rings is 1. The summed E-state index contributed by atoms with van der Waals surface area (Å²) in [4.78, 5) is 8.89. The van der Waals surface area contributed by atoms with Crippen molar-refractivity contribution < 1.29 is 36.8 Å². The van der Waals surface area contributed by atoms with Gasteiger partial charge in [0.2, 0.25) is 0 Å². The number of aromatic nitrogens is 2. The predicted molar refractivity (Wildman–Crippen MR) is 332 cm³/mol. The summed E-state index contributed by atoms with van der Waals surface area (Å²) in [7, 11) is 0. The average Bonchev–Trinajstić information content (AvgIpc) is 1.42. The van der Waals surface area contributed by atoms with Crippen LogP contribution in [0.3, 0.4) is 0 Å². The van der Waals surface area contributed by atoms with Gasteiger partial charge in [0.05, 0.1) is 11.0 Å². The molecule has 2 aromatic heterocycles. The fourth-order valence-electron chi connectivity index (χ4n) is 11.6. The van der Waals surface area contributed by atoms with Crippen molar-refractivity contribution in [2.45, 2.75) is 130 Å². The Bertz CT molecular complexity index is 4460. The maximum absolute atomic E-state index is 10.0. The van der Waals surface area contributed by atoms with Crippen LogP contribution in [0.2, 0.25) is 0 Å². The summed E-state index contributed by atoms with van der Waals surface area (Å²) in [5, 5.41) is 0.930. The Kier molecular flexibility index (Phi) is 11.4. The van der Waals surface area contributed by atoms with E-state index in [0.717, 1.165) is 52.0 Å². The maximum Gasteiger partial charge on any atom is 0.135 e. The Morgan fingerprint density at radius 1 is 0.550 bits per heavy atom. The molecule has 0 bridgehead atoms. The number of benzene rings is 8. The zero-order valence-corrected chi connectivity index (χ0v) is 50.4. The number of hydrogen-bond acceptors (Lipinski definition) is 4. The van der Waals surface area contributed by atoms with Crippen molar-refractivity contribution in [3.63, 3.8) is 0 Å². The third kappa shape index (κ3) is 9.88. The summed E-state index contributed by atoms with van der Waals surface area (Å²) < 4.78 is 83.8. The van der Waals surface area contributed by atoms with Gasteiger partial charge in [0, 0.05) is 72.5 Å². The molecule has 0 unspecified atom stereocenters. The molecule has 408 valence electrons. The molecule has 0 spiro atoms. The van der Waals surface area contributed by atoms with E-state index >= 15 is 0 Å². The normalized spacial score (nSPS) is 16.4. The number of rotatable bonds is 8. The van der Waals surface area contributed by atoms with Crippen molar-refractivity contribution in [2.24, 2.45) is 0 Å². The molecule has 0 atom stereocenters. The van der Waals surface area contributed by atoms with E-state index in [0.29, 0.717) is 61.6 Å². The minimum atomic E-state index is -0.373. The second-order valence-corrected chi connectivity index (χ2v) is 25.9. The third-order valence-electron chi connectivity index (χ3n) is 16.3. The monoisotopic (exact) mass is 1240 g/mol. The first-order valence-corrected chi connectivity index (χ1v) is 27.6. The van der Waals surface area contributed by atoms with Gasteiger partial charge in [-0.25, -0.2) is 4.98 Å². The molecule has 6 heteroatoms. The molecule has 0 N–H and O–H groups in total. The molecule has 5 nitrogen and oxygen atoms in total. The molecule has 3 heterocycles. The van der Waals surface area contributed by atoms with Crippen LogP contribution in [0.5, 0.6) is 11.5 Å². The van der Waals surface area contributed by atoms with E-state index < -0.39 is 0 Å². The smallest absolute Gasteiger partial charge is 0.135 e. The molecular weight excluding hydrogens is 1160 g/mol. The minimum Gasteiger partial charge on any atom is -0.509 e. The molecule has 2 aliphatic rings. The summed E-state index contributed by atoms with van der Waals surface area (Å²) in [6, 6.07) is 45.6. The van der Waals surface area contributed by atoms with Crippen molar-refractivity contribution in [2.75, 3.05) is 9.80 Å². The van der Waals surface area contributed by atoms with Crippen molar-refractivity contribution in [3.05, 3.63) is 222 Å².